The van der Waals surface area contributed by atoms with Crippen LogP contribution in [0.2, 0.25) is 0 Å². The molecule has 0 aliphatic rings. The summed E-state index contributed by atoms with van der Waals surface area (Å²) in [7, 11) is 0. The number of ketones is 1. The number of amidine groups is 1. The van der Waals surface area contributed by atoms with Crippen molar-refractivity contribution in [3.8, 4) is 5.88 Å². The number of hydroxylamine groups is 1. The molecule has 2 N–H and O–H groups in total. The van der Waals surface area contributed by atoms with Gasteiger partial charge >= 0.3 is 0 Å². The van der Waals surface area contributed by atoms with Gasteiger partial charge in [-0.2, -0.15) is 0 Å². The molecular formula is C17H18BrFN4O4. The highest BCUT2D eigenvalue weighted by Gasteiger charge is 2.18. The number of nitrogens with zero attached hydrogens (tertiary/aromatic N) is 3. The molecule has 0 aliphatic carbocycles. The number of ether oxygens (including phenoxy) is 1. The van der Waals surface area contributed by atoms with E-state index in [-0.39, 0.29) is 34.3 Å². The van der Waals surface area contributed by atoms with Crippen LogP contribution < -0.4 is 10.2 Å². The molecule has 1 aromatic heterocycles. The lowest BCUT2D eigenvalue weighted by Crippen LogP contribution is -2.21. The molecule has 0 amide bonds. The fourth-order valence-corrected chi connectivity index (χ4v) is 2.43. The van der Waals surface area contributed by atoms with Crippen molar-refractivity contribution in [2.24, 2.45) is 4.99 Å². The Balaban J connectivity index is 2.01. The summed E-state index contributed by atoms with van der Waals surface area (Å²) in [6, 6.07) is 4.07. The van der Waals surface area contributed by atoms with Crippen molar-refractivity contribution >= 4 is 33.2 Å². The van der Waals surface area contributed by atoms with E-state index in [1.165, 1.54) is 18.2 Å². The summed E-state index contributed by atoms with van der Waals surface area (Å²) in [5.41, 5.74) is 2.28. The van der Waals surface area contributed by atoms with Crippen LogP contribution in [0.3, 0.4) is 0 Å². The maximum Gasteiger partial charge on any atom is 0.287 e. The average molecular weight is 441 g/mol. The molecule has 0 fully saturated rings. The van der Waals surface area contributed by atoms with Gasteiger partial charge in [0.1, 0.15) is 11.6 Å². The highest BCUT2D eigenvalue weighted by Crippen LogP contribution is 2.23. The van der Waals surface area contributed by atoms with Gasteiger partial charge in [0.15, 0.2) is 5.84 Å². The Morgan fingerprint density at radius 1 is 1.44 bits per heavy atom. The number of Topliss-reactive ketones (excluding diaryl/α,β-unsaturated/α-hetero) is 1. The average Bonchev–Trinajstić information content (AvgIpc) is 3.12. The standard InChI is InChI=1S/C17H18BrFN4O4/c1-2-3-5-12(24)6-4-9-26-17-15(22-27-23-17)16(21-25)20-11-7-8-14(19)13(18)10-11/h2,7-8,10,25H,1,3-6,9H2,(H,20,21). The van der Waals surface area contributed by atoms with E-state index < -0.39 is 5.82 Å². The topological polar surface area (TPSA) is 110 Å². The van der Waals surface area contributed by atoms with E-state index in [0.717, 1.165) is 0 Å². The fourth-order valence-electron chi connectivity index (χ4n) is 2.06. The first-order valence-electron chi connectivity index (χ1n) is 8.07. The Bertz CT molecular complexity index is 825. The van der Waals surface area contributed by atoms with Crippen LogP contribution in [0.25, 0.3) is 0 Å². The van der Waals surface area contributed by atoms with Gasteiger partial charge in [0.05, 0.1) is 16.8 Å². The largest absolute Gasteiger partial charge is 0.474 e. The number of aliphatic imine (C=N–C) groups is 1. The third-order valence-electron chi connectivity index (χ3n) is 3.40. The number of rotatable bonds is 10. The molecule has 0 aliphatic heterocycles. The number of carbonyl (C=O) groups is 1. The molecule has 144 valence electrons. The minimum atomic E-state index is -0.442. The van der Waals surface area contributed by atoms with Crippen LogP contribution in [0.5, 0.6) is 5.88 Å². The Hall–Kier alpha value is -2.59. The quantitative estimate of drug-likeness (QED) is 0.190. The lowest BCUT2D eigenvalue weighted by atomic mass is 10.1. The maximum atomic E-state index is 13.3. The number of hydrogen-bond acceptors (Lipinski definition) is 7. The Kier molecular flexibility index (Phi) is 8.08. The third-order valence-corrected chi connectivity index (χ3v) is 4.01. The second kappa shape index (κ2) is 10.5. The number of aromatic nitrogens is 2. The monoisotopic (exact) mass is 440 g/mol. The van der Waals surface area contributed by atoms with Crippen molar-refractivity contribution in [1.29, 1.82) is 0 Å². The first kappa shape index (κ1) is 20.7. The molecular weight excluding hydrogens is 423 g/mol. The van der Waals surface area contributed by atoms with Gasteiger partial charge in [0.25, 0.3) is 5.88 Å². The van der Waals surface area contributed by atoms with Crippen LogP contribution in [0.15, 0.2) is 44.9 Å². The van der Waals surface area contributed by atoms with Gasteiger partial charge < -0.3 is 4.74 Å². The number of benzene rings is 1. The van der Waals surface area contributed by atoms with Crippen molar-refractivity contribution in [1.82, 2.24) is 15.8 Å². The first-order valence-corrected chi connectivity index (χ1v) is 8.86. The number of halogens is 2. The molecule has 0 spiro atoms. The van der Waals surface area contributed by atoms with E-state index in [1.54, 1.807) is 6.08 Å². The second-order valence-corrected chi connectivity index (χ2v) is 6.26. The normalized spacial score (nSPS) is 11.3. The smallest absolute Gasteiger partial charge is 0.287 e. The summed E-state index contributed by atoms with van der Waals surface area (Å²) in [4.78, 5) is 15.7. The predicted molar refractivity (Wildman–Crippen MR) is 98.7 cm³/mol. The van der Waals surface area contributed by atoms with Crippen molar-refractivity contribution in [3.63, 3.8) is 0 Å². The van der Waals surface area contributed by atoms with Gasteiger partial charge in [-0.15, -0.1) is 6.58 Å². The van der Waals surface area contributed by atoms with Crippen LogP contribution in [-0.4, -0.2) is 33.7 Å². The second-order valence-electron chi connectivity index (χ2n) is 5.41. The molecule has 2 rings (SSSR count). The zero-order chi connectivity index (χ0) is 19.6. The van der Waals surface area contributed by atoms with Crippen LogP contribution in [0, 0.1) is 5.82 Å². The Labute approximate surface area is 163 Å². The molecule has 27 heavy (non-hydrogen) atoms. The molecule has 8 nitrogen and oxygen atoms in total. The zero-order valence-electron chi connectivity index (χ0n) is 14.3. The van der Waals surface area contributed by atoms with E-state index in [4.69, 9.17) is 4.74 Å². The van der Waals surface area contributed by atoms with Gasteiger partial charge in [-0.3, -0.25) is 15.5 Å². The van der Waals surface area contributed by atoms with E-state index in [2.05, 4.69) is 42.4 Å². The summed E-state index contributed by atoms with van der Waals surface area (Å²) in [5, 5.41) is 16.6. The first-order chi connectivity index (χ1) is 13.0. The van der Waals surface area contributed by atoms with E-state index in [0.29, 0.717) is 31.4 Å². The molecule has 1 aromatic carbocycles. The van der Waals surface area contributed by atoms with E-state index in [1.807, 2.05) is 5.48 Å². The van der Waals surface area contributed by atoms with Crippen molar-refractivity contribution in [2.45, 2.75) is 25.7 Å². The number of hydrogen-bond donors (Lipinski definition) is 2. The van der Waals surface area contributed by atoms with Gasteiger partial charge in [-0.25, -0.2) is 14.0 Å². The fraction of sp³-hybridized carbons (Fsp3) is 0.294. The van der Waals surface area contributed by atoms with Crippen LogP contribution >= 0.6 is 15.9 Å². The highest BCUT2D eigenvalue weighted by molar-refractivity contribution is 9.10. The van der Waals surface area contributed by atoms with Crippen LogP contribution in [0.1, 0.15) is 31.4 Å². The third kappa shape index (κ3) is 6.26. The molecule has 0 unspecified atom stereocenters. The van der Waals surface area contributed by atoms with E-state index >= 15 is 0 Å². The summed E-state index contributed by atoms with van der Waals surface area (Å²) in [6.45, 7) is 3.78. The number of nitrogens with one attached hydrogen (secondary N) is 1. The predicted octanol–water partition coefficient (Wildman–Crippen LogP) is 3.72. The number of allylic oxidation sites excluding steroid dienone is 1. The number of carbonyl (C=O) groups excluding carboxylic acids is 1. The molecule has 0 saturated carbocycles. The van der Waals surface area contributed by atoms with E-state index in [9.17, 15) is 14.4 Å². The summed E-state index contributed by atoms with van der Waals surface area (Å²) in [6.07, 6.45) is 3.67. The van der Waals surface area contributed by atoms with Gasteiger partial charge in [0, 0.05) is 12.8 Å². The molecule has 0 saturated heterocycles. The molecule has 0 bridgehead atoms. The summed E-state index contributed by atoms with van der Waals surface area (Å²) < 4.78 is 23.6. The summed E-state index contributed by atoms with van der Waals surface area (Å²) in [5.74, 6) is -0.401. The minimum absolute atomic E-state index is 0.00928. The molecule has 0 atom stereocenters. The highest BCUT2D eigenvalue weighted by atomic mass is 79.9. The molecule has 10 heteroatoms. The van der Waals surface area contributed by atoms with Crippen LogP contribution in [-0.2, 0) is 4.79 Å². The lowest BCUT2D eigenvalue weighted by Gasteiger charge is -2.05. The molecule has 1 heterocycles. The summed E-state index contributed by atoms with van der Waals surface area (Å²) >= 11 is 3.06. The molecule has 2 aromatic rings. The Morgan fingerprint density at radius 2 is 2.26 bits per heavy atom. The van der Waals surface area contributed by atoms with Gasteiger partial charge in [0.2, 0.25) is 5.69 Å². The van der Waals surface area contributed by atoms with Crippen molar-refractivity contribution < 1.29 is 23.8 Å². The SMILES string of the molecule is C=CCCC(=O)CCCOc1nonc1C(=Nc1ccc(F)c(Br)c1)NO. The lowest BCUT2D eigenvalue weighted by molar-refractivity contribution is -0.119. The van der Waals surface area contributed by atoms with Gasteiger partial charge in [-0.05, 0) is 57.3 Å². The zero-order valence-corrected chi connectivity index (χ0v) is 15.9. The molecule has 0 radical (unpaired) electrons. The van der Waals surface area contributed by atoms with Crippen LogP contribution in [0.4, 0.5) is 10.1 Å². The van der Waals surface area contributed by atoms with Gasteiger partial charge in [-0.1, -0.05) is 6.08 Å². The minimum Gasteiger partial charge on any atom is -0.474 e. The van der Waals surface area contributed by atoms with Crippen molar-refractivity contribution in [3.05, 3.63) is 46.8 Å². The maximum absolute atomic E-state index is 13.3. The Morgan fingerprint density at radius 3 is 2.96 bits per heavy atom. The van der Waals surface area contributed by atoms with Crippen molar-refractivity contribution in [2.75, 3.05) is 6.61 Å².